The summed E-state index contributed by atoms with van der Waals surface area (Å²) in [6, 6.07) is 8.03. The Balaban J connectivity index is 2.05. The van der Waals surface area contributed by atoms with Crippen molar-refractivity contribution in [3.05, 3.63) is 58.6 Å². The fourth-order valence-electron chi connectivity index (χ4n) is 1.82. The van der Waals surface area contributed by atoms with E-state index in [2.05, 4.69) is 9.97 Å². The number of H-pyrrole nitrogens is 2. The second kappa shape index (κ2) is 4.40. The number of nitrogens with zero attached hydrogens (tertiary/aromatic N) is 2. The summed E-state index contributed by atoms with van der Waals surface area (Å²) in [5.41, 5.74) is 2.04. The first-order chi connectivity index (χ1) is 8.75. The highest BCUT2D eigenvalue weighted by Gasteiger charge is 2.00. The van der Waals surface area contributed by atoms with Crippen LogP contribution < -0.4 is 0 Å². The number of hydrogen-bond donors (Lipinski definition) is 2. The van der Waals surface area contributed by atoms with E-state index in [1.165, 1.54) is 0 Å². The number of aromatic nitrogens is 4. The highest BCUT2D eigenvalue weighted by molar-refractivity contribution is 7.71. The van der Waals surface area contributed by atoms with Crippen molar-refractivity contribution in [3.63, 3.8) is 0 Å². The van der Waals surface area contributed by atoms with E-state index in [4.69, 9.17) is 24.4 Å². The number of aromatic amines is 2. The van der Waals surface area contributed by atoms with Crippen molar-refractivity contribution in [1.82, 2.24) is 19.1 Å². The third kappa shape index (κ3) is 1.85. The minimum Gasteiger partial charge on any atom is -0.337 e. The molecule has 0 bridgehead atoms. The Bertz CT molecular complexity index is 706. The molecule has 0 unspecified atom stereocenters. The van der Waals surface area contributed by atoms with Gasteiger partial charge in [0.25, 0.3) is 0 Å². The topological polar surface area (TPSA) is 41.4 Å². The van der Waals surface area contributed by atoms with Crippen LogP contribution in [0, 0.1) is 9.54 Å². The molecular weight excluding hydrogens is 264 g/mol. The van der Waals surface area contributed by atoms with Crippen LogP contribution >= 0.6 is 24.4 Å². The van der Waals surface area contributed by atoms with Crippen molar-refractivity contribution in [2.45, 2.75) is 0 Å². The van der Waals surface area contributed by atoms with Crippen LogP contribution in [0.5, 0.6) is 0 Å². The van der Waals surface area contributed by atoms with Gasteiger partial charge in [-0.1, -0.05) is 0 Å². The van der Waals surface area contributed by atoms with Crippen molar-refractivity contribution in [2.75, 3.05) is 0 Å². The summed E-state index contributed by atoms with van der Waals surface area (Å²) in [6.45, 7) is 0. The molecule has 0 atom stereocenters. The molecule has 2 N–H and O–H groups in total. The predicted octanol–water partition coefficient (Wildman–Crippen LogP) is 3.38. The second-order valence-corrected chi connectivity index (χ2v) is 4.56. The van der Waals surface area contributed by atoms with E-state index in [1.54, 1.807) is 0 Å². The van der Waals surface area contributed by atoms with E-state index < -0.39 is 0 Å². The number of imidazole rings is 2. The largest absolute Gasteiger partial charge is 0.337 e. The lowest BCUT2D eigenvalue weighted by Gasteiger charge is -2.05. The molecule has 4 nitrogen and oxygen atoms in total. The monoisotopic (exact) mass is 274 g/mol. The summed E-state index contributed by atoms with van der Waals surface area (Å²) in [5.74, 6) is 0. The molecule has 0 fully saturated rings. The summed E-state index contributed by atoms with van der Waals surface area (Å²) in [7, 11) is 0. The Morgan fingerprint density at radius 1 is 0.722 bits per heavy atom. The van der Waals surface area contributed by atoms with Crippen LogP contribution in [-0.2, 0) is 0 Å². The van der Waals surface area contributed by atoms with Gasteiger partial charge in [0.05, 0.1) is 0 Å². The molecule has 2 aromatic heterocycles. The molecule has 0 aliphatic rings. The summed E-state index contributed by atoms with van der Waals surface area (Å²) in [5, 5.41) is 0. The smallest absolute Gasteiger partial charge is 0.181 e. The van der Waals surface area contributed by atoms with Gasteiger partial charge in [-0.05, 0) is 48.7 Å². The summed E-state index contributed by atoms with van der Waals surface area (Å²) in [6.07, 6.45) is 7.44. The summed E-state index contributed by atoms with van der Waals surface area (Å²) in [4.78, 5) is 5.94. The first kappa shape index (κ1) is 11.2. The molecule has 3 aromatic rings. The van der Waals surface area contributed by atoms with Gasteiger partial charge < -0.3 is 9.97 Å². The van der Waals surface area contributed by atoms with E-state index in [0.717, 1.165) is 11.4 Å². The molecule has 0 aliphatic carbocycles. The minimum atomic E-state index is 0.681. The first-order valence-electron chi connectivity index (χ1n) is 5.38. The van der Waals surface area contributed by atoms with Crippen LogP contribution in [0.15, 0.2) is 49.1 Å². The van der Waals surface area contributed by atoms with E-state index in [9.17, 15) is 0 Å². The molecule has 6 heteroatoms. The van der Waals surface area contributed by atoms with Gasteiger partial charge in [-0.15, -0.1) is 0 Å². The van der Waals surface area contributed by atoms with Crippen LogP contribution in [-0.4, -0.2) is 19.1 Å². The maximum Gasteiger partial charge on any atom is 0.181 e. The van der Waals surface area contributed by atoms with Crippen molar-refractivity contribution in [3.8, 4) is 11.4 Å². The standard InChI is InChI=1S/C12H10N4S2/c17-11-13-5-7-15(11)9-1-2-10(4-3-9)16-8-6-14-12(16)18/h1-8H,(H,13,17)(H,14,18). The average molecular weight is 274 g/mol. The number of hydrogen-bond acceptors (Lipinski definition) is 2. The number of nitrogens with one attached hydrogen (secondary N) is 2. The Kier molecular flexibility index (Phi) is 2.73. The van der Waals surface area contributed by atoms with Gasteiger partial charge in [-0.3, -0.25) is 9.13 Å². The molecule has 0 saturated heterocycles. The van der Waals surface area contributed by atoms with Gasteiger partial charge in [0.1, 0.15) is 0 Å². The highest BCUT2D eigenvalue weighted by Crippen LogP contribution is 2.13. The maximum absolute atomic E-state index is 5.18. The van der Waals surface area contributed by atoms with Crippen LogP contribution in [0.3, 0.4) is 0 Å². The van der Waals surface area contributed by atoms with Gasteiger partial charge in [-0.25, -0.2) is 0 Å². The van der Waals surface area contributed by atoms with Crippen molar-refractivity contribution in [2.24, 2.45) is 0 Å². The van der Waals surface area contributed by atoms with Crippen molar-refractivity contribution < 1.29 is 0 Å². The Morgan fingerprint density at radius 2 is 1.11 bits per heavy atom. The van der Waals surface area contributed by atoms with Crippen LogP contribution in [0.1, 0.15) is 0 Å². The van der Waals surface area contributed by atoms with Crippen molar-refractivity contribution >= 4 is 24.4 Å². The Labute approximate surface area is 114 Å². The lowest BCUT2D eigenvalue weighted by Crippen LogP contribution is -1.95. The van der Waals surface area contributed by atoms with Gasteiger partial charge in [0, 0.05) is 36.2 Å². The molecular formula is C12H10N4S2. The maximum atomic E-state index is 5.18. The Hall–Kier alpha value is -1.92. The highest BCUT2D eigenvalue weighted by atomic mass is 32.1. The van der Waals surface area contributed by atoms with E-state index >= 15 is 0 Å². The average Bonchev–Trinajstić information content (AvgIpc) is 2.98. The van der Waals surface area contributed by atoms with E-state index in [-0.39, 0.29) is 0 Å². The first-order valence-corrected chi connectivity index (χ1v) is 6.20. The molecule has 3 rings (SSSR count). The van der Waals surface area contributed by atoms with Crippen LogP contribution in [0.4, 0.5) is 0 Å². The van der Waals surface area contributed by atoms with Crippen molar-refractivity contribution in [1.29, 1.82) is 0 Å². The summed E-state index contributed by atoms with van der Waals surface area (Å²) < 4.78 is 5.19. The fraction of sp³-hybridized carbons (Fsp3) is 0. The third-order valence-corrected chi connectivity index (χ3v) is 3.33. The van der Waals surface area contributed by atoms with E-state index in [0.29, 0.717) is 9.54 Å². The molecule has 0 radical (unpaired) electrons. The molecule has 0 spiro atoms. The molecule has 18 heavy (non-hydrogen) atoms. The zero-order valence-corrected chi connectivity index (χ0v) is 11.0. The SMILES string of the molecule is S=c1[nH]ccn1-c1ccc(-n2cc[nH]c2=S)cc1. The lowest BCUT2D eigenvalue weighted by atomic mass is 10.3. The molecule has 0 saturated carbocycles. The number of rotatable bonds is 2. The molecule has 0 amide bonds. The quantitative estimate of drug-likeness (QED) is 0.703. The number of benzene rings is 1. The minimum absolute atomic E-state index is 0.681. The molecule has 2 heterocycles. The normalized spacial score (nSPS) is 10.7. The van der Waals surface area contributed by atoms with Crippen LogP contribution in [0.25, 0.3) is 11.4 Å². The zero-order valence-electron chi connectivity index (χ0n) is 9.33. The molecule has 1 aromatic carbocycles. The third-order valence-electron chi connectivity index (χ3n) is 2.70. The van der Waals surface area contributed by atoms with E-state index in [1.807, 2.05) is 58.2 Å². The second-order valence-electron chi connectivity index (χ2n) is 3.79. The van der Waals surface area contributed by atoms with Gasteiger partial charge in [0.15, 0.2) is 9.54 Å². The Morgan fingerprint density at radius 3 is 1.39 bits per heavy atom. The molecule has 0 aliphatic heterocycles. The fourth-order valence-corrected chi connectivity index (χ4v) is 2.29. The van der Waals surface area contributed by atoms with Gasteiger partial charge in [0.2, 0.25) is 0 Å². The van der Waals surface area contributed by atoms with Crippen LogP contribution in [0.2, 0.25) is 0 Å². The zero-order chi connectivity index (χ0) is 12.5. The molecule has 90 valence electrons. The summed E-state index contributed by atoms with van der Waals surface area (Å²) >= 11 is 10.4. The van der Waals surface area contributed by atoms with Gasteiger partial charge in [-0.2, -0.15) is 0 Å². The predicted molar refractivity (Wildman–Crippen MR) is 75.5 cm³/mol. The lowest BCUT2D eigenvalue weighted by molar-refractivity contribution is 1.01. The van der Waals surface area contributed by atoms with Gasteiger partial charge >= 0.3 is 0 Å².